The van der Waals surface area contributed by atoms with Crippen LogP contribution in [0.4, 0.5) is 5.69 Å². The zero-order valence-electron chi connectivity index (χ0n) is 10.4. The van der Waals surface area contributed by atoms with E-state index in [-0.39, 0.29) is 11.3 Å². The average Bonchev–Trinajstić information content (AvgIpc) is 2.84. The highest BCUT2D eigenvalue weighted by Gasteiger charge is 2.39. The van der Waals surface area contributed by atoms with Crippen LogP contribution in [-0.4, -0.2) is 5.91 Å². The quantitative estimate of drug-likeness (QED) is 0.829. The number of carbonyl (C=O) groups is 1. The third-order valence-corrected chi connectivity index (χ3v) is 5.13. The number of hydrogen-bond donors (Lipinski definition) is 1. The molecule has 1 aromatic rings. The van der Waals surface area contributed by atoms with Crippen molar-refractivity contribution in [3.63, 3.8) is 0 Å². The molecular weight excluding hydrogens is 314 g/mol. The zero-order valence-corrected chi connectivity index (χ0v) is 12.8. The van der Waals surface area contributed by atoms with E-state index in [1.54, 1.807) is 6.07 Å². The number of halogens is 2. The number of carbonyl (C=O) groups excluding carboxylic acids is 1. The first-order valence-electron chi connectivity index (χ1n) is 6.34. The van der Waals surface area contributed by atoms with Gasteiger partial charge in [-0.1, -0.05) is 31.4 Å². The minimum atomic E-state index is -0.167. The summed E-state index contributed by atoms with van der Waals surface area (Å²) in [5.74, 6) is 0.140. The van der Waals surface area contributed by atoms with Gasteiger partial charge in [0.05, 0.1) is 5.02 Å². The standard InChI is InChI=1S/C14H17BrClNO/c1-2-14(7-3-4-8-14)13(18)17-10-5-6-11(15)12(16)9-10/h5-6,9H,2-4,7-8H2,1H3,(H,17,18). The second-order valence-electron chi connectivity index (χ2n) is 4.92. The second kappa shape index (κ2) is 5.62. The van der Waals surface area contributed by atoms with E-state index in [1.165, 1.54) is 0 Å². The molecule has 0 spiro atoms. The molecule has 0 radical (unpaired) electrons. The Kier molecular flexibility index (Phi) is 4.33. The lowest BCUT2D eigenvalue weighted by Crippen LogP contribution is -2.33. The summed E-state index contributed by atoms with van der Waals surface area (Å²) in [6.07, 6.45) is 5.22. The summed E-state index contributed by atoms with van der Waals surface area (Å²) in [5.41, 5.74) is 0.604. The molecule has 0 aliphatic heterocycles. The van der Waals surface area contributed by atoms with Gasteiger partial charge in [0.1, 0.15) is 0 Å². The van der Waals surface area contributed by atoms with Gasteiger partial charge in [0.2, 0.25) is 5.91 Å². The van der Waals surface area contributed by atoms with E-state index in [9.17, 15) is 4.79 Å². The Hall–Kier alpha value is -0.540. The van der Waals surface area contributed by atoms with Crippen molar-refractivity contribution < 1.29 is 4.79 Å². The van der Waals surface area contributed by atoms with Crippen LogP contribution in [0, 0.1) is 5.41 Å². The van der Waals surface area contributed by atoms with Gasteiger partial charge < -0.3 is 5.32 Å². The molecule has 1 aromatic carbocycles. The monoisotopic (exact) mass is 329 g/mol. The van der Waals surface area contributed by atoms with Gasteiger partial charge in [0.25, 0.3) is 0 Å². The van der Waals surface area contributed by atoms with Crippen molar-refractivity contribution in [2.75, 3.05) is 5.32 Å². The zero-order chi connectivity index (χ0) is 13.2. The molecule has 18 heavy (non-hydrogen) atoms. The van der Waals surface area contributed by atoms with Crippen LogP contribution in [0.2, 0.25) is 5.02 Å². The van der Waals surface area contributed by atoms with E-state index in [0.29, 0.717) is 5.02 Å². The molecule has 1 saturated carbocycles. The van der Waals surface area contributed by atoms with E-state index in [0.717, 1.165) is 42.3 Å². The van der Waals surface area contributed by atoms with Gasteiger partial charge in [-0.3, -0.25) is 4.79 Å². The highest BCUT2D eigenvalue weighted by molar-refractivity contribution is 9.10. The third-order valence-electron chi connectivity index (χ3n) is 3.90. The highest BCUT2D eigenvalue weighted by atomic mass is 79.9. The molecule has 1 aliphatic carbocycles. The molecule has 4 heteroatoms. The van der Waals surface area contributed by atoms with Gasteiger partial charge >= 0.3 is 0 Å². The van der Waals surface area contributed by atoms with Gasteiger partial charge in [-0.15, -0.1) is 0 Å². The van der Waals surface area contributed by atoms with E-state index in [1.807, 2.05) is 12.1 Å². The van der Waals surface area contributed by atoms with Crippen LogP contribution >= 0.6 is 27.5 Å². The Morgan fingerprint density at radius 1 is 1.44 bits per heavy atom. The minimum Gasteiger partial charge on any atom is -0.326 e. The number of nitrogens with one attached hydrogen (secondary N) is 1. The molecule has 0 saturated heterocycles. The molecule has 1 N–H and O–H groups in total. The smallest absolute Gasteiger partial charge is 0.230 e. The molecular formula is C14H17BrClNO. The Labute approximate surface area is 121 Å². The predicted molar refractivity (Wildman–Crippen MR) is 79.0 cm³/mol. The lowest BCUT2D eigenvalue weighted by molar-refractivity contribution is -0.125. The van der Waals surface area contributed by atoms with Crippen LogP contribution in [0.25, 0.3) is 0 Å². The normalized spacial score (nSPS) is 17.7. The summed E-state index contributed by atoms with van der Waals surface area (Å²) in [7, 11) is 0. The van der Waals surface area contributed by atoms with Crippen LogP contribution in [0.3, 0.4) is 0 Å². The highest BCUT2D eigenvalue weighted by Crippen LogP contribution is 2.42. The molecule has 1 amide bonds. The van der Waals surface area contributed by atoms with E-state index in [2.05, 4.69) is 28.2 Å². The van der Waals surface area contributed by atoms with Gasteiger partial charge in [-0.2, -0.15) is 0 Å². The van der Waals surface area contributed by atoms with Crippen molar-refractivity contribution in [1.82, 2.24) is 0 Å². The molecule has 0 bridgehead atoms. The molecule has 0 aromatic heterocycles. The third kappa shape index (κ3) is 2.72. The fraction of sp³-hybridized carbons (Fsp3) is 0.500. The Morgan fingerprint density at radius 3 is 2.67 bits per heavy atom. The molecule has 0 unspecified atom stereocenters. The first kappa shape index (κ1) is 13.9. The topological polar surface area (TPSA) is 29.1 Å². The molecule has 1 aliphatic rings. The van der Waals surface area contributed by atoms with Crippen molar-refractivity contribution in [2.45, 2.75) is 39.0 Å². The largest absolute Gasteiger partial charge is 0.326 e. The molecule has 0 atom stereocenters. The minimum absolute atomic E-state index is 0.140. The maximum absolute atomic E-state index is 12.4. The van der Waals surface area contributed by atoms with E-state index >= 15 is 0 Å². The first-order chi connectivity index (χ1) is 8.57. The average molecular weight is 331 g/mol. The molecule has 0 heterocycles. The van der Waals surface area contributed by atoms with Crippen molar-refractivity contribution in [1.29, 1.82) is 0 Å². The van der Waals surface area contributed by atoms with Crippen molar-refractivity contribution in [2.24, 2.45) is 5.41 Å². The van der Waals surface area contributed by atoms with E-state index in [4.69, 9.17) is 11.6 Å². The number of benzene rings is 1. The first-order valence-corrected chi connectivity index (χ1v) is 7.51. The van der Waals surface area contributed by atoms with Crippen LogP contribution < -0.4 is 5.32 Å². The Morgan fingerprint density at radius 2 is 2.11 bits per heavy atom. The summed E-state index contributed by atoms with van der Waals surface area (Å²) >= 11 is 9.37. The maximum atomic E-state index is 12.4. The van der Waals surface area contributed by atoms with Gasteiger partial charge in [0, 0.05) is 15.6 Å². The summed E-state index contributed by atoms with van der Waals surface area (Å²) < 4.78 is 0.841. The van der Waals surface area contributed by atoms with Crippen LogP contribution in [0.5, 0.6) is 0 Å². The number of hydrogen-bond acceptors (Lipinski definition) is 1. The van der Waals surface area contributed by atoms with Crippen molar-refractivity contribution in [3.8, 4) is 0 Å². The Balaban J connectivity index is 2.13. The SMILES string of the molecule is CCC1(C(=O)Nc2ccc(Br)c(Cl)c2)CCCC1. The Bertz CT molecular complexity index is 455. The molecule has 2 nitrogen and oxygen atoms in total. The van der Waals surface area contributed by atoms with E-state index < -0.39 is 0 Å². The molecule has 2 rings (SSSR count). The summed E-state index contributed by atoms with van der Waals surface area (Å²) in [4.78, 5) is 12.4. The van der Waals surface area contributed by atoms with Crippen LogP contribution in [0.15, 0.2) is 22.7 Å². The molecule has 1 fully saturated rings. The summed E-state index contributed by atoms with van der Waals surface area (Å²) in [6, 6.07) is 5.50. The van der Waals surface area contributed by atoms with Gasteiger partial charge in [0.15, 0.2) is 0 Å². The molecule has 98 valence electrons. The predicted octanol–water partition coefficient (Wildman–Crippen LogP) is 5.01. The van der Waals surface area contributed by atoms with Crippen LogP contribution in [-0.2, 0) is 4.79 Å². The van der Waals surface area contributed by atoms with Gasteiger partial charge in [-0.25, -0.2) is 0 Å². The fourth-order valence-corrected chi connectivity index (χ4v) is 3.06. The maximum Gasteiger partial charge on any atom is 0.230 e. The van der Waals surface area contributed by atoms with Crippen molar-refractivity contribution in [3.05, 3.63) is 27.7 Å². The van der Waals surface area contributed by atoms with Gasteiger partial charge in [-0.05, 0) is 53.4 Å². The lowest BCUT2D eigenvalue weighted by atomic mass is 9.82. The second-order valence-corrected chi connectivity index (χ2v) is 6.19. The number of rotatable bonds is 3. The summed E-state index contributed by atoms with van der Waals surface area (Å²) in [5, 5.41) is 3.61. The van der Waals surface area contributed by atoms with Crippen molar-refractivity contribution >= 4 is 39.1 Å². The number of amides is 1. The number of anilines is 1. The van der Waals surface area contributed by atoms with Crippen LogP contribution in [0.1, 0.15) is 39.0 Å². The lowest BCUT2D eigenvalue weighted by Gasteiger charge is -2.26. The fourth-order valence-electron chi connectivity index (χ4n) is 2.63. The summed E-state index contributed by atoms with van der Waals surface area (Å²) in [6.45, 7) is 2.10.